The monoisotopic (exact) mass is 360 g/mol. The Morgan fingerprint density at radius 2 is 1.88 bits per heavy atom. The van der Waals surface area contributed by atoms with Crippen molar-refractivity contribution in [2.24, 2.45) is 0 Å². The summed E-state index contributed by atoms with van der Waals surface area (Å²) in [6.07, 6.45) is 0. The van der Waals surface area contributed by atoms with Crippen molar-refractivity contribution < 1.29 is 9.90 Å². The smallest absolute Gasteiger partial charge is 0.354 e. The molecule has 0 spiro atoms. The quantitative estimate of drug-likeness (QED) is 0.718. The molecule has 1 heterocycles. The van der Waals surface area contributed by atoms with Crippen molar-refractivity contribution in [3.8, 4) is 11.4 Å². The van der Waals surface area contributed by atoms with E-state index in [1.54, 1.807) is 29.7 Å². The zero-order chi connectivity index (χ0) is 17.3. The van der Waals surface area contributed by atoms with Crippen LogP contribution in [0.5, 0.6) is 0 Å². The van der Waals surface area contributed by atoms with E-state index in [4.69, 9.17) is 23.2 Å². The van der Waals surface area contributed by atoms with Gasteiger partial charge in [0.25, 0.3) is 0 Å². The zero-order valence-electron chi connectivity index (χ0n) is 12.8. The molecule has 3 aromatic rings. The Bertz CT molecular complexity index is 905. The molecule has 1 N–H and O–H groups in total. The van der Waals surface area contributed by atoms with Gasteiger partial charge < -0.3 is 9.67 Å². The number of aromatic nitrogens is 2. The van der Waals surface area contributed by atoms with Crippen LogP contribution in [0.3, 0.4) is 0 Å². The van der Waals surface area contributed by atoms with Gasteiger partial charge in [-0.3, -0.25) is 0 Å². The lowest BCUT2D eigenvalue weighted by molar-refractivity contribution is 0.0685. The molecule has 0 bridgehead atoms. The largest absolute Gasteiger partial charge is 0.477 e. The Morgan fingerprint density at radius 1 is 1.17 bits per heavy atom. The summed E-state index contributed by atoms with van der Waals surface area (Å²) in [7, 11) is 0. The van der Waals surface area contributed by atoms with Crippen LogP contribution >= 0.6 is 23.2 Å². The van der Waals surface area contributed by atoms with Gasteiger partial charge in [0, 0.05) is 15.6 Å². The first-order valence-corrected chi connectivity index (χ1v) is 8.02. The van der Waals surface area contributed by atoms with Gasteiger partial charge in [0.15, 0.2) is 5.69 Å². The van der Waals surface area contributed by atoms with Crippen molar-refractivity contribution in [3.05, 3.63) is 75.5 Å². The number of imidazole rings is 1. The third kappa shape index (κ3) is 3.16. The number of benzene rings is 2. The van der Waals surface area contributed by atoms with Crippen molar-refractivity contribution in [1.82, 2.24) is 9.55 Å². The number of carboxylic acid groups (broad SMARTS) is 1. The Kier molecular flexibility index (Phi) is 4.60. The molecule has 3 rings (SSSR count). The van der Waals surface area contributed by atoms with Crippen LogP contribution in [0.15, 0.2) is 48.5 Å². The van der Waals surface area contributed by atoms with Gasteiger partial charge in [-0.15, -0.1) is 0 Å². The second-order valence-electron chi connectivity index (χ2n) is 5.36. The van der Waals surface area contributed by atoms with Crippen molar-refractivity contribution in [2.45, 2.75) is 13.5 Å². The van der Waals surface area contributed by atoms with E-state index in [1.807, 2.05) is 30.3 Å². The number of nitrogens with zero attached hydrogens (tertiary/aromatic N) is 2. The molecule has 0 amide bonds. The first-order valence-electron chi connectivity index (χ1n) is 7.27. The average Bonchev–Trinajstić information content (AvgIpc) is 2.88. The van der Waals surface area contributed by atoms with Gasteiger partial charge >= 0.3 is 5.97 Å². The number of rotatable bonds is 4. The predicted molar refractivity (Wildman–Crippen MR) is 94.9 cm³/mol. The number of hydrogen-bond acceptors (Lipinski definition) is 2. The SMILES string of the molecule is Cc1nc(-c2ccccc2)n(Cc2cc(Cl)ccc2Cl)c1C(=O)O. The molecule has 24 heavy (non-hydrogen) atoms. The van der Waals surface area contributed by atoms with Crippen LogP contribution in [0, 0.1) is 6.92 Å². The van der Waals surface area contributed by atoms with E-state index in [1.165, 1.54) is 0 Å². The topological polar surface area (TPSA) is 55.1 Å². The molecule has 0 unspecified atom stereocenters. The molecular weight excluding hydrogens is 347 g/mol. The second kappa shape index (κ2) is 6.67. The summed E-state index contributed by atoms with van der Waals surface area (Å²) in [5.41, 5.74) is 2.18. The van der Waals surface area contributed by atoms with E-state index < -0.39 is 5.97 Å². The number of halogens is 2. The molecule has 0 aliphatic heterocycles. The van der Waals surface area contributed by atoms with E-state index in [-0.39, 0.29) is 12.2 Å². The maximum Gasteiger partial charge on any atom is 0.354 e. The lowest BCUT2D eigenvalue weighted by Crippen LogP contribution is -2.12. The van der Waals surface area contributed by atoms with E-state index in [9.17, 15) is 9.90 Å². The van der Waals surface area contributed by atoms with Crippen LogP contribution in [-0.2, 0) is 6.54 Å². The summed E-state index contributed by atoms with van der Waals surface area (Å²) in [5.74, 6) is -0.443. The minimum absolute atomic E-state index is 0.143. The van der Waals surface area contributed by atoms with Crippen molar-refractivity contribution in [3.63, 3.8) is 0 Å². The number of carbonyl (C=O) groups is 1. The van der Waals surface area contributed by atoms with Gasteiger partial charge in [-0.05, 0) is 30.7 Å². The fourth-order valence-corrected chi connectivity index (χ4v) is 3.01. The molecule has 0 saturated heterocycles. The minimum Gasteiger partial charge on any atom is -0.477 e. The fourth-order valence-electron chi connectivity index (χ4n) is 2.64. The third-order valence-corrected chi connectivity index (χ3v) is 4.32. The van der Waals surface area contributed by atoms with Gasteiger partial charge in [0.2, 0.25) is 0 Å². The van der Waals surface area contributed by atoms with Crippen LogP contribution < -0.4 is 0 Å². The summed E-state index contributed by atoms with van der Waals surface area (Å²) in [6.45, 7) is 1.96. The lowest BCUT2D eigenvalue weighted by atomic mass is 10.2. The van der Waals surface area contributed by atoms with E-state index >= 15 is 0 Å². The Morgan fingerprint density at radius 3 is 2.54 bits per heavy atom. The minimum atomic E-state index is -1.03. The molecule has 0 aliphatic rings. The standard InChI is InChI=1S/C18H14Cl2N2O2/c1-11-16(18(23)24)22(10-13-9-14(19)7-8-15(13)20)17(21-11)12-5-3-2-4-6-12/h2-9H,10H2,1H3,(H,23,24). The molecule has 0 saturated carbocycles. The van der Waals surface area contributed by atoms with Crippen LogP contribution in [0.4, 0.5) is 0 Å². The molecule has 1 aromatic heterocycles. The normalized spacial score (nSPS) is 10.8. The van der Waals surface area contributed by atoms with Gasteiger partial charge in [-0.2, -0.15) is 0 Å². The average molecular weight is 361 g/mol. The Balaban J connectivity index is 2.18. The van der Waals surface area contributed by atoms with Crippen LogP contribution in [0.25, 0.3) is 11.4 Å². The summed E-state index contributed by atoms with van der Waals surface area (Å²) in [5, 5.41) is 10.7. The summed E-state index contributed by atoms with van der Waals surface area (Å²) in [4.78, 5) is 16.2. The van der Waals surface area contributed by atoms with Gasteiger partial charge in [-0.25, -0.2) is 9.78 Å². The number of aryl methyl sites for hydroxylation is 1. The molecule has 0 atom stereocenters. The molecule has 4 nitrogen and oxygen atoms in total. The fraction of sp³-hybridized carbons (Fsp3) is 0.111. The molecule has 6 heteroatoms. The highest BCUT2D eigenvalue weighted by atomic mass is 35.5. The maximum absolute atomic E-state index is 11.7. The highest BCUT2D eigenvalue weighted by Gasteiger charge is 2.21. The molecule has 0 fully saturated rings. The highest BCUT2D eigenvalue weighted by Crippen LogP contribution is 2.27. The maximum atomic E-state index is 11.7. The van der Waals surface area contributed by atoms with E-state index in [0.29, 0.717) is 21.6 Å². The Labute approximate surface area is 149 Å². The van der Waals surface area contributed by atoms with E-state index in [2.05, 4.69) is 4.98 Å². The van der Waals surface area contributed by atoms with Crippen molar-refractivity contribution >= 4 is 29.2 Å². The molecular formula is C18H14Cl2N2O2. The molecule has 122 valence electrons. The number of carboxylic acids is 1. The number of hydrogen-bond donors (Lipinski definition) is 1. The first kappa shape index (κ1) is 16.6. The predicted octanol–water partition coefficient (Wildman–Crippen LogP) is 4.91. The molecule has 0 radical (unpaired) electrons. The van der Waals surface area contributed by atoms with Crippen LogP contribution in [-0.4, -0.2) is 20.6 Å². The number of aromatic carboxylic acids is 1. The third-order valence-electron chi connectivity index (χ3n) is 3.71. The van der Waals surface area contributed by atoms with Gasteiger partial charge in [0.05, 0.1) is 12.2 Å². The highest BCUT2D eigenvalue weighted by molar-refractivity contribution is 6.33. The summed E-state index contributed by atoms with van der Waals surface area (Å²) < 4.78 is 1.66. The van der Waals surface area contributed by atoms with Crippen molar-refractivity contribution in [2.75, 3.05) is 0 Å². The lowest BCUT2D eigenvalue weighted by Gasteiger charge is -2.12. The van der Waals surface area contributed by atoms with Crippen LogP contribution in [0.1, 0.15) is 21.7 Å². The van der Waals surface area contributed by atoms with E-state index in [0.717, 1.165) is 11.1 Å². The molecule has 2 aromatic carbocycles. The summed E-state index contributed by atoms with van der Waals surface area (Å²) in [6, 6.07) is 14.6. The first-order chi connectivity index (χ1) is 11.5. The van der Waals surface area contributed by atoms with Crippen LogP contribution in [0.2, 0.25) is 10.0 Å². The van der Waals surface area contributed by atoms with Crippen molar-refractivity contribution in [1.29, 1.82) is 0 Å². The zero-order valence-corrected chi connectivity index (χ0v) is 14.3. The summed E-state index contributed by atoms with van der Waals surface area (Å²) >= 11 is 12.3. The Hall–Kier alpha value is -2.30. The second-order valence-corrected chi connectivity index (χ2v) is 6.21. The van der Waals surface area contributed by atoms with Gasteiger partial charge in [-0.1, -0.05) is 53.5 Å². The van der Waals surface area contributed by atoms with Gasteiger partial charge in [0.1, 0.15) is 5.82 Å². The molecule has 0 aliphatic carbocycles.